The molecule has 1 amide bonds. The number of aromatic nitrogens is 3. The third-order valence-electron chi connectivity index (χ3n) is 5.11. The fourth-order valence-electron chi connectivity index (χ4n) is 3.37. The number of hydrogen-bond donors (Lipinski definition) is 1. The van der Waals surface area contributed by atoms with Crippen molar-refractivity contribution in [3.05, 3.63) is 23.5 Å². The molecule has 0 aromatic carbocycles. The molecule has 1 fully saturated rings. The van der Waals surface area contributed by atoms with Crippen molar-refractivity contribution in [3.8, 4) is 0 Å². The summed E-state index contributed by atoms with van der Waals surface area (Å²) in [7, 11) is 1.92. The van der Waals surface area contributed by atoms with Crippen LogP contribution in [0, 0.1) is 6.92 Å². The van der Waals surface area contributed by atoms with Crippen LogP contribution in [0.3, 0.4) is 0 Å². The Hall–Kier alpha value is -1.95. The summed E-state index contributed by atoms with van der Waals surface area (Å²) < 4.78 is 1.93. The molecule has 3 heterocycles. The van der Waals surface area contributed by atoms with E-state index >= 15 is 0 Å². The number of rotatable bonds is 4. The molecule has 2 aromatic heterocycles. The fraction of sp³-hybridized carbons (Fsp3) is 0.611. The Morgan fingerprint density at radius 1 is 1.46 bits per heavy atom. The summed E-state index contributed by atoms with van der Waals surface area (Å²) in [6, 6.07) is 2.46. The molecule has 1 aliphatic heterocycles. The van der Waals surface area contributed by atoms with Gasteiger partial charge in [-0.05, 0) is 52.3 Å². The van der Waals surface area contributed by atoms with Crippen molar-refractivity contribution in [1.29, 1.82) is 0 Å². The molecule has 0 saturated carbocycles. The maximum absolute atomic E-state index is 13.1. The lowest BCUT2D eigenvalue weighted by molar-refractivity contribution is 0.0705. The van der Waals surface area contributed by atoms with Gasteiger partial charge in [-0.15, -0.1) is 0 Å². The lowest BCUT2D eigenvalue weighted by Crippen LogP contribution is -2.44. The highest BCUT2D eigenvalue weighted by Gasteiger charge is 2.25. The monoisotopic (exact) mass is 329 g/mol. The van der Waals surface area contributed by atoms with E-state index in [2.05, 4.69) is 29.2 Å². The van der Waals surface area contributed by atoms with Crippen molar-refractivity contribution >= 4 is 16.9 Å². The van der Waals surface area contributed by atoms with Crippen LogP contribution in [0.15, 0.2) is 12.3 Å². The van der Waals surface area contributed by atoms with Crippen LogP contribution in [0.1, 0.15) is 55.2 Å². The second-order valence-corrected chi connectivity index (χ2v) is 6.79. The number of pyridine rings is 1. The predicted molar refractivity (Wildman–Crippen MR) is 95.3 cm³/mol. The summed E-state index contributed by atoms with van der Waals surface area (Å²) in [6.45, 7) is 8.14. The highest BCUT2D eigenvalue weighted by molar-refractivity contribution is 6.05. The zero-order chi connectivity index (χ0) is 17.3. The van der Waals surface area contributed by atoms with Gasteiger partial charge in [-0.1, -0.05) is 6.92 Å². The van der Waals surface area contributed by atoms with Crippen LogP contribution in [0.2, 0.25) is 0 Å². The summed E-state index contributed by atoms with van der Waals surface area (Å²) >= 11 is 0. The van der Waals surface area contributed by atoms with Crippen molar-refractivity contribution < 1.29 is 4.79 Å². The Morgan fingerprint density at radius 3 is 2.83 bits per heavy atom. The number of nitrogens with one attached hydrogen (secondary N) is 1. The highest BCUT2D eigenvalue weighted by atomic mass is 16.2. The molecule has 130 valence electrons. The molecule has 1 N–H and O–H groups in total. The van der Waals surface area contributed by atoms with Gasteiger partial charge in [-0.25, -0.2) is 9.67 Å². The maximum atomic E-state index is 13.1. The van der Waals surface area contributed by atoms with Crippen LogP contribution in [-0.4, -0.2) is 51.8 Å². The molecule has 1 atom stereocenters. The molecular formula is C18H27N5O. The first-order chi connectivity index (χ1) is 11.5. The minimum absolute atomic E-state index is 0.0705. The number of nitrogens with zero attached hydrogens (tertiary/aromatic N) is 4. The largest absolute Gasteiger partial charge is 0.339 e. The average molecular weight is 329 g/mol. The number of aryl methyl sites for hydroxylation is 1. The lowest BCUT2D eigenvalue weighted by atomic mass is 10.0. The van der Waals surface area contributed by atoms with E-state index in [0.29, 0.717) is 11.6 Å². The molecular weight excluding hydrogens is 302 g/mol. The van der Waals surface area contributed by atoms with E-state index in [1.807, 2.05) is 29.6 Å². The van der Waals surface area contributed by atoms with E-state index in [9.17, 15) is 4.79 Å². The van der Waals surface area contributed by atoms with Crippen LogP contribution in [-0.2, 0) is 0 Å². The zero-order valence-electron chi connectivity index (χ0n) is 15.0. The molecule has 24 heavy (non-hydrogen) atoms. The molecule has 3 rings (SSSR count). The van der Waals surface area contributed by atoms with Gasteiger partial charge in [-0.2, -0.15) is 5.10 Å². The molecule has 1 aliphatic rings. The SMILES string of the molecule is CCC(C)n1ncc2c(C(=O)N(C)C3CCNCC3)cc(C)nc21. The molecule has 0 bridgehead atoms. The number of hydrogen-bond acceptors (Lipinski definition) is 4. The molecule has 0 spiro atoms. The van der Waals surface area contributed by atoms with Gasteiger partial charge < -0.3 is 10.2 Å². The first-order valence-electron chi connectivity index (χ1n) is 8.85. The first kappa shape index (κ1) is 16.9. The lowest BCUT2D eigenvalue weighted by Gasteiger charge is -2.31. The van der Waals surface area contributed by atoms with Gasteiger partial charge >= 0.3 is 0 Å². The Kier molecular flexibility index (Phi) is 4.85. The molecule has 6 heteroatoms. The number of fused-ring (bicyclic) bond motifs is 1. The molecule has 0 aliphatic carbocycles. The summed E-state index contributed by atoms with van der Waals surface area (Å²) in [4.78, 5) is 19.6. The third-order valence-corrected chi connectivity index (χ3v) is 5.11. The van der Waals surface area contributed by atoms with Gasteiger partial charge in [-0.3, -0.25) is 4.79 Å². The van der Waals surface area contributed by atoms with E-state index in [1.165, 1.54) is 0 Å². The van der Waals surface area contributed by atoms with Gasteiger partial charge in [0, 0.05) is 18.8 Å². The number of carbonyl (C=O) groups is 1. The summed E-state index contributed by atoms with van der Waals surface area (Å²) in [5.74, 6) is 0.0705. The van der Waals surface area contributed by atoms with Gasteiger partial charge in [0.1, 0.15) is 0 Å². The Labute approximate surface area is 143 Å². The van der Waals surface area contributed by atoms with Crippen molar-refractivity contribution in [3.63, 3.8) is 0 Å². The summed E-state index contributed by atoms with van der Waals surface area (Å²) in [6.07, 6.45) is 4.77. The van der Waals surface area contributed by atoms with Crippen molar-refractivity contribution in [2.75, 3.05) is 20.1 Å². The van der Waals surface area contributed by atoms with Gasteiger partial charge in [0.25, 0.3) is 5.91 Å². The Bertz CT molecular complexity index is 732. The van der Waals surface area contributed by atoms with Crippen LogP contribution in [0.25, 0.3) is 11.0 Å². The average Bonchev–Trinajstić information content (AvgIpc) is 3.03. The van der Waals surface area contributed by atoms with Crippen LogP contribution >= 0.6 is 0 Å². The Balaban J connectivity index is 1.99. The van der Waals surface area contributed by atoms with Gasteiger partial charge in [0.15, 0.2) is 5.65 Å². The summed E-state index contributed by atoms with van der Waals surface area (Å²) in [5, 5.41) is 8.70. The van der Waals surface area contributed by atoms with E-state index in [4.69, 9.17) is 0 Å². The van der Waals surface area contributed by atoms with Crippen LogP contribution in [0.4, 0.5) is 0 Å². The minimum Gasteiger partial charge on any atom is -0.339 e. The molecule has 2 aromatic rings. The quantitative estimate of drug-likeness (QED) is 0.936. The van der Waals surface area contributed by atoms with Gasteiger partial charge in [0.05, 0.1) is 23.2 Å². The number of carbonyl (C=O) groups excluding carboxylic acids is 1. The second kappa shape index (κ2) is 6.89. The van der Waals surface area contributed by atoms with Crippen molar-refractivity contribution in [1.82, 2.24) is 25.0 Å². The topological polar surface area (TPSA) is 63.1 Å². The normalized spacial score (nSPS) is 17.2. The van der Waals surface area contributed by atoms with Crippen molar-refractivity contribution in [2.45, 2.75) is 52.1 Å². The number of piperidine rings is 1. The minimum atomic E-state index is 0.0705. The smallest absolute Gasteiger partial charge is 0.254 e. The fourth-order valence-corrected chi connectivity index (χ4v) is 3.37. The van der Waals surface area contributed by atoms with E-state index in [0.717, 1.165) is 49.1 Å². The zero-order valence-corrected chi connectivity index (χ0v) is 15.0. The van der Waals surface area contributed by atoms with Crippen LogP contribution in [0.5, 0.6) is 0 Å². The third kappa shape index (κ3) is 3.02. The first-order valence-corrected chi connectivity index (χ1v) is 8.85. The predicted octanol–water partition coefficient (Wildman–Crippen LogP) is 2.53. The highest BCUT2D eigenvalue weighted by Crippen LogP contribution is 2.24. The van der Waals surface area contributed by atoms with E-state index < -0.39 is 0 Å². The maximum Gasteiger partial charge on any atom is 0.254 e. The van der Waals surface area contributed by atoms with Crippen molar-refractivity contribution in [2.24, 2.45) is 0 Å². The number of amides is 1. The van der Waals surface area contributed by atoms with Crippen LogP contribution < -0.4 is 5.32 Å². The van der Waals surface area contributed by atoms with E-state index in [1.54, 1.807) is 6.20 Å². The van der Waals surface area contributed by atoms with Gasteiger partial charge in [0.2, 0.25) is 0 Å². The molecule has 0 radical (unpaired) electrons. The molecule has 6 nitrogen and oxygen atoms in total. The van der Waals surface area contributed by atoms with E-state index in [-0.39, 0.29) is 11.9 Å². The standard InChI is InChI=1S/C18H27N5O/c1-5-13(3)23-17-16(11-20-23)15(10-12(2)21-17)18(24)22(4)14-6-8-19-9-7-14/h10-11,13-14,19H,5-9H2,1-4H3. The Morgan fingerprint density at radius 2 is 2.17 bits per heavy atom. The molecule has 1 saturated heterocycles. The second-order valence-electron chi connectivity index (χ2n) is 6.79. The summed E-state index contributed by atoms with van der Waals surface area (Å²) in [5.41, 5.74) is 2.38. The molecule has 1 unspecified atom stereocenters.